The Balaban J connectivity index is 1.48. The molecule has 4 heterocycles. The quantitative estimate of drug-likeness (QED) is 0.737. The number of benzene rings is 1. The van der Waals surface area contributed by atoms with Gasteiger partial charge in [-0.2, -0.15) is 0 Å². The van der Waals surface area contributed by atoms with Crippen molar-refractivity contribution in [2.24, 2.45) is 0 Å². The van der Waals surface area contributed by atoms with Gasteiger partial charge in [-0.15, -0.1) is 0 Å². The number of rotatable bonds is 2. The summed E-state index contributed by atoms with van der Waals surface area (Å²) in [6.45, 7) is 3.33. The maximum atomic E-state index is 12.3. The molecule has 0 saturated carbocycles. The minimum absolute atomic E-state index is 0.0154. The summed E-state index contributed by atoms with van der Waals surface area (Å²) in [6, 6.07) is 5.61. The Morgan fingerprint density at radius 2 is 2.00 bits per heavy atom. The molecule has 8 nitrogen and oxygen atoms in total. The van der Waals surface area contributed by atoms with E-state index in [1.165, 1.54) is 4.31 Å². The molecule has 2 fully saturated rings. The zero-order valence-corrected chi connectivity index (χ0v) is 18.8. The molecule has 2 saturated heterocycles. The summed E-state index contributed by atoms with van der Waals surface area (Å²) < 4.78 is 31.5. The molecule has 1 N–H and O–H groups in total. The van der Waals surface area contributed by atoms with Crippen LogP contribution in [0.4, 0.5) is 16.2 Å². The van der Waals surface area contributed by atoms with Crippen LogP contribution in [0.25, 0.3) is 11.1 Å². The fraction of sp³-hybridized carbons (Fsp3) is 0.429. The molecule has 1 spiro atoms. The van der Waals surface area contributed by atoms with E-state index in [0.29, 0.717) is 36.6 Å². The van der Waals surface area contributed by atoms with E-state index in [9.17, 15) is 13.2 Å². The third-order valence-electron chi connectivity index (χ3n) is 6.70. The molecule has 1 aromatic carbocycles. The van der Waals surface area contributed by atoms with Gasteiger partial charge in [-0.05, 0) is 30.2 Å². The number of sulfonamides is 1. The lowest BCUT2D eigenvalue weighted by Crippen LogP contribution is -2.51. The standard InChI is InChI=1S/C21H23ClN4O4S/c1-13-21(30-20(27)24-13)5-7-26(8-6-21)19-16(10-23-11-17(19)22)14-3-4-18-15(9-14)12-31(28,29)25(18)2/h3-4,9-11,13H,5-8,12H2,1-2H3,(H,24,27). The van der Waals surface area contributed by atoms with Crippen LogP contribution in [0.15, 0.2) is 30.6 Å². The van der Waals surface area contributed by atoms with Crippen LogP contribution in [0.5, 0.6) is 0 Å². The first-order chi connectivity index (χ1) is 14.7. The van der Waals surface area contributed by atoms with E-state index in [2.05, 4.69) is 15.2 Å². The van der Waals surface area contributed by atoms with Crippen LogP contribution in [0, 0.1) is 0 Å². The number of anilines is 2. The third-order valence-corrected chi connectivity index (χ3v) is 8.69. The molecule has 3 aliphatic rings. The van der Waals surface area contributed by atoms with Gasteiger partial charge in [0.2, 0.25) is 10.0 Å². The molecule has 0 bridgehead atoms. The van der Waals surface area contributed by atoms with Gasteiger partial charge in [0.15, 0.2) is 0 Å². The van der Waals surface area contributed by atoms with E-state index < -0.39 is 15.6 Å². The van der Waals surface area contributed by atoms with Gasteiger partial charge >= 0.3 is 6.09 Å². The minimum Gasteiger partial charge on any atom is -0.441 e. The van der Waals surface area contributed by atoms with Crippen molar-refractivity contribution in [3.63, 3.8) is 0 Å². The smallest absolute Gasteiger partial charge is 0.408 e. The Hall–Kier alpha value is -2.52. The number of halogens is 1. The summed E-state index contributed by atoms with van der Waals surface area (Å²) in [6.07, 6.45) is 4.41. The minimum atomic E-state index is -3.31. The van der Waals surface area contributed by atoms with Crippen LogP contribution in [-0.4, -0.2) is 51.3 Å². The van der Waals surface area contributed by atoms with Gasteiger partial charge in [-0.3, -0.25) is 9.29 Å². The van der Waals surface area contributed by atoms with E-state index in [-0.39, 0.29) is 17.9 Å². The van der Waals surface area contributed by atoms with Crippen molar-refractivity contribution in [3.05, 3.63) is 41.2 Å². The van der Waals surface area contributed by atoms with Crippen LogP contribution in [-0.2, 0) is 20.5 Å². The van der Waals surface area contributed by atoms with Crippen LogP contribution < -0.4 is 14.5 Å². The van der Waals surface area contributed by atoms with Gasteiger partial charge in [0.1, 0.15) is 5.60 Å². The lowest BCUT2D eigenvalue weighted by atomic mass is 9.85. The molecule has 3 aliphatic heterocycles. The molecule has 0 radical (unpaired) electrons. The largest absolute Gasteiger partial charge is 0.441 e. The predicted octanol–water partition coefficient (Wildman–Crippen LogP) is 3.15. The molecular weight excluding hydrogens is 440 g/mol. The topological polar surface area (TPSA) is 91.8 Å². The Morgan fingerprint density at radius 1 is 1.26 bits per heavy atom. The van der Waals surface area contributed by atoms with E-state index in [1.807, 2.05) is 25.1 Å². The van der Waals surface area contributed by atoms with Gasteiger partial charge in [0.25, 0.3) is 0 Å². The lowest BCUT2D eigenvalue weighted by molar-refractivity contribution is 0.0188. The average Bonchev–Trinajstić information content (AvgIpc) is 3.13. The molecule has 0 aliphatic carbocycles. The molecule has 1 aromatic heterocycles. The highest BCUT2D eigenvalue weighted by molar-refractivity contribution is 7.92. The summed E-state index contributed by atoms with van der Waals surface area (Å²) in [7, 11) is -1.74. The molecule has 164 valence electrons. The van der Waals surface area contributed by atoms with Crippen molar-refractivity contribution < 1.29 is 17.9 Å². The number of nitrogens with zero attached hydrogens (tertiary/aromatic N) is 3. The average molecular weight is 463 g/mol. The van der Waals surface area contributed by atoms with Gasteiger partial charge in [0, 0.05) is 50.9 Å². The second-order valence-electron chi connectivity index (χ2n) is 8.39. The zero-order valence-electron chi connectivity index (χ0n) is 17.3. The van der Waals surface area contributed by atoms with E-state index in [1.54, 1.807) is 19.4 Å². The monoisotopic (exact) mass is 462 g/mol. The molecular formula is C21H23ClN4O4S. The molecule has 1 atom stereocenters. The Bertz CT molecular complexity index is 1180. The van der Waals surface area contributed by atoms with Crippen LogP contribution >= 0.6 is 11.6 Å². The number of nitrogens with one attached hydrogen (secondary N) is 1. The van der Waals surface area contributed by atoms with Crippen LogP contribution in [0.1, 0.15) is 25.3 Å². The van der Waals surface area contributed by atoms with Gasteiger partial charge in [0.05, 0.1) is 28.2 Å². The maximum absolute atomic E-state index is 12.3. The number of hydrogen-bond acceptors (Lipinski definition) is 6. The number of aromatic nitrogens is 1. The predicted molar refractivity (Wildman–Crippen MR) is 119 cm³/mol. The van der Waals surface area contributed by atoms with Crippen molar-refractivity contribution in [2.45, 2.75) is 37.2 Å². The highest BCUT2D eigenvalue weighted by atomic mass is 35.5. The molecule has 1 unspecified atom stereocenters. The first kappa shape index (κ1) is 20.4. The van der Waals surface area contributed by atoms with E-state index >= 15 is 0 Å². The number of carbonyl (C=O) groups is 1. The van der Waals surface area contributed by atoms with Crippen molar-refractivity contribution in [2.75, 3.05) is 29.3 Å². The Kier molecular flexibility index (Phi) is 4.60. The van der Waals surface area contributed by atoms with Gasteiger partial charge < -0.3 is 15.0 Å². The molecule has 5 rings (SSSR count). The first-order valence-corrected chi connectivity index (χ1v) is 12.2. The summed E-state index contributed by atoms with van der Waals surface area (Å²) in [5, 5.41) is 3.38. The number of carbonyl (C=O) groups excluding carboxylic acids is 1. The number of hydrogen-bond donors (Lipinski definition) is 1. The second-order valence-corrected chi connectivity index (χ2v) is 10.8. The SMILES string of the molecule is CC1NC(=O)OC12CCN(c1c(Cl)cncc1-c1ccc3c(c1)CS(=O)(=O)N3C)CC2. The van der Waals surface area contributed by atoms with Gasteiger partial charge in [-0.25, -0.2) is 13.2 Å². The molecule has 1 amide bonds. The number of alkyl carbamates (subject to hydrolysis) is 1. The summed E-state index contributed by atoms with van der Waals surface area (Å²) >= 11 is 6.60. The fourth-order valence-corrected chi connectivity index (χ4v) is 6.41. The zero-order chi connectivity index (χ0) is 22.0. The Morgan fingerprint density at radius 3 is 2.68 bits per heavy atom. The highest BCUT2D eigenvalue weighted by Crippen LogP contribution is 2.43. The lowest BCUT2D eigenvalue weighted by Gasteiger charge is -2.41. The number of pyridine rings is 1. The third kappa shape index (κ3) is 3.22. The van der Waals surface area contributed by atoms with Crippen molar-refractivity contribution in [3.8, 4) is 11.1 Å². The molecule has 2 aromatic rings. The van der Waals surface area contributed by atoms with Gasteiger partial charge in [-0.1, -0.05) is 17.7 Å². The van der Waals surface area contributed by atoms with E-state index in [0.717, 1.165) is 22.4 Å². The van der Waals surface area contributed by atoms with Crippen molar-refractivity contribution in [1.29, 1.82) is 0 Å². The van der Waals surface area contributed by atoms with E-state index in [4.69, 9.17) is 16.3 Å². The molecule has 10 heteroatoms. The summed E-state index contributed by atoms with van der Waals surface area (Å²) in [4.78, 5) is 18.2. The number of ether oxygens (including phenoxy) is 1. The Labute approximate surface area is 186 Å². The number of fused-ring (bicyclic) bond motifs is 1. The highest BCUT2D eigenvalue weighted by Gasteiger charge is 2.48. The summed E-state index contributed by atoms with van der Waals surface area (Å²) in [5.74, 6) is -0.0154. The second kappa shape index (κ2) is 7.00. The normalized spacial score (nSPS) is 23.6. The molecule has 31 heavy (non-hydrogen) atoms. The van der Waals surface area contributed by atoms with Crippen LogP contribution in [0.3, 0.4) is 0 Å². The summed E-state index contributed by atoms with van der Waals surface area (Å²) in [5.41, 5.74) is 3.57. The van der Waals surface area contributed by atoms with Crippen LogP contribution in [0.2, 0.25) is 5.02 Å². The number of piperidine rings is 1. The van der Waals surface area contributed by atoms with Crippen molar-refractivity contribution >= 4 is 39.1 Å². The van der Waals surface area contributed by atoms with Crippen molar-refractivity contribution in [1.82, 2.24) is 10.3 Å². The first-order valence-electron chi connectivity index (χ1n) is 10.2. The fourth-order valence-electron chi connectivity index (χ4n) is 4.83. The maximum Gasteiger partial charge on any atom is 0.408 e. The number of amides is 1.